The van der Waals surface area contributed by atoms with Gasteiger partial charge in [0.1, 0.15) is 5.82 Å². The molecular formula is C24H19ClN6. The van der Waals surface area contributed by atoms with Crippen molar-refractivity contribution in [1.82, 2.24) is 24.6 Å². The molecule has 1 aliphatic carbocycles. The Labute approximate surface area is 184 Å². The number of pyridine rings is 1. The van der Waals surface area contributed by atoms with E-state index in [0.717, 1.165) is 33.5 Å². The van der Waals surface area contributed by atoms with E-state index in [1.54, 1.807) is 4.40 Å². The number of aromatic nitrogens is 5. The van der Waals surface area contributed by atoms with E-state index in [1.807, 2.05) is 43.7 Å². The summed E-state index contributed by atoms with van der Waals surface area (Å²) in [4.78, 5) is 11.3. The van der Waals surface area contributed by atoms with Gasteiger partial charge in [-0.3, -0.25) is 4.98 Å². The maximum Gasteiger partial charge on any atom is 0.258 e. The Bertz CT molecular complexity index is 1440. The summed E-state index contributed by atoms with van der Waals surface area (Å²) < 4.78 is 1.76. The van der Waals surface area contributed by atoms with Gasteiger partial charge in [0, 0.05) is 36.1 Å². The third-order valence-corrected chi connectivity index (χ3v) is 6.14. The fraction of sp³-hybridized carbons (Fsp3) is 0.167. The summed E-state index contributed by atoms with van der Waals surface area (Å²) in [6.45, 7) is 0. The van der Waals surface area contributed by atoms with E-state index in [-0.39, 0.29) is 0 Å². The van der Waals surface area contributed by atoms with Crippen molar-refractivity contribution in [3.05, 3.63) is 77.8 Å². The van der Waals surface area contributed by atoms with Crippen LogP contribution in [-0.2, 0) is 0 Å². The van der Waals surface area contributed by atoms with Gasteiger partial charge in [0.25, 0.3) is 5.78 Å². The first-order chi connectivity index (χ1) is 15.2. The zero-order valence-electron chi connectivity index (χ0n) is 16.9. The van der Waals surface area contributed by atoms with E-state index in [2.05, 4.69) is 50.4 Å². The number of benzene rings is 2. The van der Waals surface area contributed by atoms with Crippen LogP contribution in [0.15, 0.2) is 67.0 Å². The molecule has 0 atom stereocenters. The van der Waals surface area contributed by atoms with Gasteiger partial charge in [0.15, 0.2) is 0 Å². The standard InChI is InChI=1S/C24H19ClN6/c1-30(22-20-7-2-3-8-21(20)31-23(25)28-29-24(31)27-22)19-6-4-5-16(12-19)18-11-17(13-26-14-18)15-9-10-15/h2-8,11-15H,9-10H2,1H3. The lowest BCUT2D eigenvalue weighted by molar-refractivity contribution is 1.08. The van der Waals surface area contributed by atoms with Crippen LogP contribution in [-0.4, -0.2) is 31.6 Å². The summed E-state index contributed by atoms with van der Waals surface area (Å²) in [6.07, 6.45) is 6.46. The molecule has 1 fully saturated rings. The molecule has 1 saturated carbocycles. The highest BCUT2D eigenvalue weighted by Crippen LogP contribution is 2.41. The lowest BCUT2D eigenvalue weighted by Crippen LogP contribution is -2.13. The first-order valence-electron chi connectivity index (χ1n) is 10.3. The third kappa shape index (κ3) is 3.11. The van der Waals surface area contributed by atoms with Gasteiger partial charge < -0.3 is 4.90 Å². The van der Waals surface area contributed by atoms with E-state index in [1.165, 1.54) is 18.4 Å². The molecule has 0 N–H and O–H groups in total. The minimum absolute atomic E-state index is 0.304. The molecule has 0 unspecified atom stereocenters. The highest BCUT2D eigenvalue weighted by atomic mass is 35.5. The Morgan fingerprint density at radius 2 is 1.84 bits per heavy atom. The second-order valence-corrected chi connectivity index (χ2v) is 8.29. The molecule has 0 saturated heterocycles. The highest BCUT2D eigenvalue weighted by Gasteiger charge is 2.24. The number of anilines is 2. The molecule has 152 valence electrons. The van der Waals surface area contributed by atoms with Crippen molar-refractivity contribution >= 4 is 39.8 Å². The van der Waals surface area contributed by atoms with Crippen molar-refractivity contribution in [2.75, 3.05) is 11.9 Å². The fourth-order valence-electron chi connectivity index (χ4n) is 4.08. The lowest BCUT2D eigenvalue weighted by atomic mass is 10.0. The molecule has 6 rings (SSSR count). The molecule has 3 aromatic heterocycles. The Balaban J connectivity index is 1.46. The number of hydrogen-bond donors (Lipinski definition) is 0. The molecule has 5 aromatic rings. The number of para-hydroxylation sites is 1. The molecule has 0 amide bonds. The molecule has 3 heterocycles. The lowest BCUT2D eigenvalue weighted by Gasteiger charge is -2.21. The molecule has 7 heteroatoms. The van der Waals surface area contributed by atoms with E-state index in [4.69, 9.17) is 16.6 Å². The van der Waals surface area contributed by atoms with Gasteiger partial charge in [0.2, 0.25) is 5.28 Å². The van der Waals surface area contributed by atoms with E-state index in [9.17, 15) is 0 Å². The van der Waals surface area contributed by atoms with E-state index >= 15 is 0 Å². The van der Waals surface area contributed by atoms with Crippen LogP contribution in [0.3, 0.4) is 0 Å². The monoisotopic (exact) mass is 426 g/mol. The zero-order chi connectivity index (χ0) is 20.9. The Morgan fingerprint density at radius 3 is 2.71 bits per heavy atom. The minimum Gasteiger partial charge on any atom is -0.329 e. The van der Waals surface area contributed by atoms with Crippen LogP contribution in [0.4, 0.5) is 11.5 Å². The summed E-state index contributed by atoms with van der Waals surface area (Å²) >= 11 is 6.26. The quantitative estimate of drug-likeness (QED) is 0.372. The van der Waals surface area contributed by atoms with Crippen LogP contribution in [0, 0.1) is 0 Å². The van der Waals surface area contributed by atoms with Gasteiger partial charge >= 0.3 is 0 Å². The smallest absolute Gasteiger partial charge is 0.258 e. The predicted molar refractivity (Wildman–Crippen MR) is 123 cm³/mol. The Hall–Kier alpha value is -3.51. The molecular weight excluding hydrogens is 408 g/mol. The Kier molecular flexibility index (Phi) is 4.14. The molecule has 31 heavy (non-hydrogen) atoms. The number of nitrogens with zero attached hydrogens (tertiary/aromatic N) is 6. The first-order valence-corrected chi connectivity index (χ1v) is 10.7. The number of fused-ring (bicyclic) bond motifs is 3. The molecule has 2 aromatic carbocycles. The van der Waals surface area contributed by atoms with E-state index in [0.29, 0.717) is 17.0 Å². The average Bonchev–Trinajstić information content (AvgIpc) is 3.61. The van der Waals surface area contributed by atoms with E-state index < -0.39 is 0 Å². The molecule has 6 nitrogen and oxygen atoms in total. The third-order valence-electron chi connectivity index (χ3n) is 5.89. The number of rotatable bonds is 4. The van der Waals surface area contributed by atoms with Gasteiger partial charge in [-0.25, -0.2) is 4.40 Å². The highest BCUT2D eigenvalue weighted by molar-refractivity contribution is 6.29. The van der Waals surface area contributed by atoms with Crippen molar-refractivity contribution in [3.63, 3.8) is 0 Å². The fourth-order valence-corrected chi connectivity index (χ4v) is 4.28. The Morgan fingerprint density at radius 1 is 0.968 bits per heavy atom. The van der Waals surface area contributed by atoms with Crippen molar-refractivity contribution < 1.29 is 0 Å². The summed E-state index contributed by atoms with van der Waals surface area (Å²) in [5, 5.41) is 9.41. The maximum atomic E-state index is 6.26. The molecule has 0 spiro atoms. The topological polar surface area (TPSA) is 59.2 Å². The van der Waals surface area contributed by atoms with Gasteiger partial charge in [-0.1, -0.05) is 24.3 Å². The van der Waals surface area contributed by atoms with Gasteiger partial charge in [-0.05, 0) is 71.8 Å². The maximum absolute atomic E-state index is 6.26. The first kappa shape index (κ1) is 18.3. The van der Waals surface area contributed by atoms with Crippen LogP contribution in [0.1, 0.15) is 24.3 Å². The second-order valence-electron chi connectivity index (χ2n) is 7.95. The van der Waals surface area contributed by atoms with Crippen molar-refractivity contribution in [3.8, 4) is 11.1 Å². The normalized spacial score (nSPS) is 13.7. The summed E-state index contributed by atoms with van der Waals surface area (Å²) in [6, 6.07) is 18.7. The van der Waals surface area contributed by atoms with Crippen molar-refractivity contribution in [2.24, 2.45) is 0 Å². The minimum atomic E-state index is 0.304. The molecule has 0 aliphatic heterocycles. The van der Waals surface area contributed by atoms with Crippen LogP contribution in [0.5, 0.6) is 0 Å². The largest absolute Gasteiger partial charge is 0.329 e. The zero-order valence-corrected chi connectivity index (χ0v) is 17.7. The molecule has 0 radical (unpaired) electrons. The number of halogens is 1. The van der Waals surface area contributed by atoms with Gasteiger partial charge in [0.05, 0.1) is 5.52 Å². The predicted octanol–water partition coefficient (Wildman–Crippen LogP) is 5.64. The van der Waals surface area contributed by atoms with Crippen LogP contribution < -0.4 is 4.90 Å². The van der Waals surface area contributed by atoms with Crippen LogP contribution in [0.2, 0.25) is 5.28 Å². The summed E-state index contributed by atoms with van der Waals surface area (Å²) in [5.74, 6) is 1.95. The number of hydrogen-bond acceptors (Lipinski definition) is 5. The van der Waals surface area contributed by atoms with Crippen molar-refractivity contribution in [2.45, 2.75) is 18.8 Å². The van der Waals surface area contributed by atoms with Gasteiger partial charge in [-0.15, -0.1) is 10.2 Å². The molecule has 0 bridgehead atoms. The van der Waals surface area contributed by atoms with Gasteiger partial charge in [-0.2, -0.15) is 4.98 Å². The van der Waals surface area contributed by atoms with Crippen LogP contribution in [0.25, 0.3) is 27.8 Å². The average molecular weight is 427 g/mol. The molecule has 1 aliphatic rings. The van der Waals surface area contributed by atoms with Crippen LogP contribution >= 0.6 is 11.6 Å². The summed E-state index contributed by atoms with van der Waals surface area (Å²) in [5.41, 5.74) is 5.55. The summed E-state index contributed by atoms with van der Waals surface area (Å²) in [7, 11) is 2.02. The van der Waals surface area contributed by atoms with Crippen molar-refractivity contribution in [1.29, 1.82) is 0 Å². The second kappa shape index (κ2) is 7.03. The SMILES string of the molecule is CN(c1cccc(-c2cncc(C3CC3)c2)c1)c1nc2nnc(Cl)n2c2ccccc12.